The number of hydrogen-bond donors (Lipinski definition) is 1. The molecule has 0 spiro atoms. The smallest absolute Gasteiger partial charge is 0.278 e. The Kier molecular flexibility index (Phi) is 5.71. The van der Waals surface area contributed by atoms with Crippen LogP contribution in [-0.4, -0.2) is 30.9 Å². The van der Waals surface area contributed by atoms with E-state index in [1.165, 1.54) is 12.0 Å². The molecule has 6 heteroatoms. The first kappa shape index (κ1) is 20.2. The Morgan fingerprint density at radius 2 is 1.35 bits per heavy atom. The van der Waals surface area contributed by atoms with Gasteiger partial charge < -0.3 is 14.8 Å². The molecular formula is C25H22N2O4. The van der Waals surface area contributed by atoms with Gasteiger partial charge in [-0.1, -0.05) is 54.6 Å². The highest BCUT2D eigenvalue weighted by Crippen LogP contribution is 2.36. The molecule has 0 aromatic heterocycles. The van der Waals surface area contributed by atoms with Crippen LogP contribution in [0.4, 0.5) is 5.69 Å². The van der Waals surface area contributed by atoms with E-state index in [1.807, 2.05) is 60.7 Å². The van der Waals surface area contributed by atoms with Crippen LogP contribution in [0.5, 0.6) is 11.5 Å². The summed E-state index contributed by atoms with van der Waals surface area (Å²) < 4.78 is 10.9. The summed E-state index contributed by atoms with van der Waals surface area (Å²) in [6.07, 6.45) is 0. The van der Waals surface area contributed by atoms with Crippen LogP contribution in [0.2, 0.25) is 0 Å². The van der Waals surface area contributed by atoms with Gasteiger partial charge >= 0.3 is 0 Å². The van der Waals surface area contributed by atoms with Crippen molar-refractivity contribution >= 4 is 23.1 Å². The quantitative estimate of drug-likeness (QED) is 0.590. The van der Waals surface area contributed by atoms with E-state index in [4.69, 9.17) is 9.47 Å². The molecule has 0 bridgehead atoms. The van der Waals surface area contributed by atoms with E-state index in [1.54, 1.807) is 25.3 Å². The number of ether oxygens (including phenoxy) is 2. The summed E-state index contributed by atoms with van der Waals surface area (Å²) in [7, 11) is 3.10. The van der Waals surface area contributed by atoms with Crippen molar-refractivity contribution in [3.8, 4) is 11.5 Å². The van der Waals surface area contributed by atoms with E-state index >= 15 is 0 Å². The molecule has 0 unspecified atom stereocenters. The molecule has 0 saturated heterocycles. The zero-order valence-corrected chi connectivity index (χ0v) is 17.3. The fraction of sp³-hybridized carbons (Fsp3) is 0.120. The first-order valence-electron chi connectivity index (χ1n) is 9.82. The number of rotatable bonds is 7. The Morgan fingerprint density at radius 1 is 0.742 bits per heavy atom. The van der Waals surface area contributed by atoms with Crippen molar-refractivity contribution in [3.05, 3.63) is 95.7 Å². The maximum Gasteiger partial charge on any atom is 0.278 e. The van der Waals surface area contributed by atoms with Crippen LogP contribution in [0.1, 0.15) is 11.1 Å². The topological polar surface area (TPSA) is 67.9 Å². The van der Waals surface area contributed by atoms with Gasteiger partial charge in [0.1, 0.15) is 17.2 Å². The molecule has 3 aromatic rings. The number of imide groups is 1. The number of benzene rings is 3. The Morgan fingerprint density at radius 3 is 2.06 bits per heavy atom. The zero-order chi connectivity index (χ0) is 21.8. The van der Waals surface area contributed by atoms with Crippen molar-refractivity contribution < 1.29 is 19.1 Å². The maximum atomic E-state index is 13.5. The predicted molar refractivity (Wildman–Crippen MR) is 119 cm³/mol. The summed E-state index contributed by atoms with van der Waals surface area (Å²) in [5.41, 5.74) is 2.51. The van der Waals surface area contributed by atoms with E-state index in [9.17, 15) is 9.59 Å². The lowest BCUT2D eigenvalue weighted by atomic mass is 10.0. The van der Waals surface area contributed by atoms with Crippen LogP contribution in [0.15, 0.2) is 84.6 Å². The van der Waals surface area contributed by atoms with Gasteiger partial charge in [-0.15, -0.1) is 0 Å². The highest BCUT2D eigenvalue weighted by Gasteiger charge is 2.40. The second-order valence-electron chi connectivity index (χ2n) is 6.95. The van der Waals surface area contributed by atoms with Gasteiger partial charge in [0, 0.05) is 16.8 Å². The summed E-state index contributed by atoms with van der Waals surface area (Å²) >= 11 is 0. The minimum absolute atomic E-state index is 0.0975. The Balaban J connectivity index is 1.78. The molecule has 0 atom stereocenters. The molecule has 1 aliphatic rings. The molecule has 0 saturated carbocycles. The highest BCUT2D eigenvalue weighted by atomic mass is 16.5. The van der Waals surface area contributed by atoms with Crippen molar-refractivity contribution in [2.45, 2.75) is 6.54 Å². The first-order valence-corrected chi connectivity index (χ1v) is 9.82. The van der Waals surface area contributed by atoms with E-state index in [0.717, 1.165) is 5.56 Å². The molecule has 6 nitrogen and oxygen atoms in total. The van der Waals surface area contributed by atoms with E-state index in [2.05, 4.69) is 5.32 Å². The molecule has 0 radical (unpaired) electrons. The van der Waals surface area contributed by atoms with Gasteiger partial charge in [0.15, 0.2) is 0 Å². The lowest BCUT2D eigenvalue weighted by Gasteiger charge is -2.17. The van der Waals surface area contributed by atoms with Crippen LogP contribution < -0.4 is 14.8 Å². The first-order chi connectivity index (χ1) is 15.1. The zero-order valence-electron chi connectivity index (χ0n) is 17.3. The predicted octanol–water partition coefficient (Wildman–Crippen LogP) is 4.10. The van der Waals surface area contributed by atoms with Gasteiger partial charge in [0.2, 0.25) is 0 Å². The maximum absolute atomic E-state index is 13.5. The summed E-state index contributed by atoms with van der Waals surface area (Å²) in [5.74, 6) is 0.344. The molecule has 2 amide bonds. The van der Waals surface area contributed by atoms with Gasteiger partial charge in [-0.25, -0.2) is 0 Å². The van der Waals surface area contributed by atoms with Gasteiger partial charge in [-0.2, -0.15) is 0 Å². The third kappa shape index (κ3) is 3.88. The fourth-order valence-corrected chi connectivity index (χ4v) is 3.61. The number of nitrogens with zero attached hydrogens (tertiary/aromatic N) is 1. The van der Waals surface area contributed by atoms with Crippen molar-refractivity contribution in [1.82, 2.24) is 4.90 Å². The molecule has 4 rings (SSSR count). The standard InChI is InChI=1S/C25H22N2O4/c1-30-20-14-8-6-10-17(20)16-27-24(28)22(19-13-7-9-15-21(19)31-2)23(25(27)29)26-18-11-4-3-5-12-18/h3-15,26H,16H2,1-2H3. The molecule has 156 valence electrons. The molecule has 1 heterocycles. The van der Waals surface area contributed by atoms with Crippen molar-refractivity contribution in [3.63, 3.8) is 0 Å². The normalized spacial score (nSPS) is 13.5. The average Bonchev–Trinajstić information content (AvgIpc) is 3.04. The summed E-state index contributed by atoms with van der Waals surface area (Å²) in [6, 6.07) is 23.8. The number of amides is 2. The molecule has 3 aromatic carbocycles. The van der Waals surface area contributed by atoms with E-state index in [-0.39, 0.29) is 23.7 Å². The Hall–Kier alpha value is -4.06. The monoisotopic (exact) mass is 414 g/mol. The van der Waals surface area contributed by atoms with Crippen molar-refractivity contribution in [2.24, 2.45) is 0 Å². The molecule has 0 aliphatic carbocycles. The van der Waals surface area contributed by atoms with Crippen molar-refractivity contribution in [2.75, 3.05) is 19.5 Å². The summed E-state index contributed by atoms with van der Waals surface area (Å²) in [5, 5.41) is 3.15. The lowest BCUT2D eigenvalue weighted by Crippen LogP contribution is -2.32. The molecule has 1 aliphatic heterocycles. The van der Waals surface area contributed by atoms with Gasteiger partial charge in [-0.05, 0) is 24.3 Å². The third-order valence-corrected chi connectivity index (χ3v) is 5.11. The average molecular weight is 414 g/mol. The minimum atomic E-state index is -0.402. The number of carbonyl (C=O) groups is 2. The highest BCUT2D eigenvalue weighted by molar-refractivity contribution is 6.36. The fourth-order valence-electron chi connectivity index (χ4n) is 3.61. The number of hydrogen-bond acceptors (Lipinski definition) is 5. The molecule has 0 fully saturated rings. The number of para-hydroxylation sites is 3. The van der Waals surface area contributed by atoms with Gasteiger partial charge in [-0.3, -0.25) is 14.5 Å². The van der Waals surface area contributed by atoms with Crippen LogP contribution in [0.3, 0.4) is 0 Å². The van der Waals surface area contributed by atoms with Crippen molar-refractivity contribution in [1.29, 1.82) is 0 Å². The number of methoxy groups -OCH3 is 2. The second-order valence-corrected chi connectivity index (χ2v) is 6.95. The number of anilines is 1. The van der Waals surface area contributed by atoms with Crippen LogP contribution in [-0.2, 0) is 16.1 Å². The number of nitrogens with one attached hydrogen (secondary N) is 1. The second kappa shape index (κ2) is 8.75. The van der Waals surface area contributed by atoms with E-state index in [0.29, 0.717) is 22.7 Å². The van der Waals surface area contributed by atoms with Gasteiger partial charge in [0.05, 0.1) is 26.3 Å². The van der Waals surface area contributed by atoms with Crippen LogP contribution in [0, 0.1) is 0 Å². The molecule has 1 N–H and O–H groups in total. The molecular weight excluding hydrogens is 392 g/mol. The SMILES string of the molecule is COc1ccccc1CN1C(=O)C(Nc2ccccc2)=C(c2ccccc2OC)C1=O. The van der Waals surface area contributed by atoms with Crippen LogP contribution in [0.25, 0.3) is 5.57 Å². The summed E-state index contributed by atoms with van der Waals surface area (Å²) in [6.45, 7) is 0.0975. The largest absolute Gasteiger partial charge is 0.496 e. The summed E-state index contributed by atoms with van der Waals surface area (Å²) in [4.78, 5) is 28.1. The molecule has 31 heavy (non-hydrogen) atoms. The van der Waals surface area contributed by atoms with Gasteiger partial charge in [0.25, 0.3) is 11.8 Å². The number of carbonyl (C=O) groups excluding carboxylic acids is 2. The Bertz CT molecular complexity index is 1150. The van der Waals surface area contributed by atoms with E-state index < -0.39 is 5.91 Å². The Labute approximate surface area is 180 Å². The lowest BCUT2D eigenvalue weighted by molar-refractivity contribution is -0.137. The van der Waals surface area contributed by atoms with Crippen LogP contribution >= 0.6 is 0 Å². The third-order valence-electron chi connectivity index (χ3n) is 5.11. The minimum Gasteiger partial charge on any atom is -0.496 e.